The van der Waals surface area contributed by atoms with Crippen LogP contribution in [0.2, 0.25) is 0 Å². The van der Waals surface area contributed by atoms with E-state index in [9.17, 15) is 9.59 Å². The number of carbonyl (C=O) groups is 2. The van der Waals surface area contributed by atoms with E-state index in [2.05, 4.69) is 33.6 Å². The quantitative estimate of drug-likeness (QED) is 0.153. The highest BCUT2D eigenvalue weighted by Gasteiger charge is 2.09. The van der Waals surface area contributed by atoms with E-state index in [1.165, 1.54) is 51.4 Å². The summed E-state index contributed by atoms with van der Waals surface area (Å²) in [4.78, 5) is 24.4. The number of halogens is 2. The van der Waals surface area contributed by atoms with Crippen molar-refractivity contribution in [2.75, 3.05) is 13.1 Å². The fraction of sp³-hybridized carbons (Fsp3) is 0.600. The number of carbonyl (C=O) groups excluding carboxylic acids is 2. The SMILES string of the molecule is CCCCCCNC(=O)c1cc[n+](CCCCCC[n+]2ccc(C(=O)NCCCCCC)cc2)cc1.[Br-].[Br-]. The standard InChI is InChI=1S/C30H46N4O2.2BrH/c1-3-5-7-11-19-31-29(35)27-15-23-33(24-16-27)21-13-9-10-14-22-34-25-17-28(18-26-34)30(36)32-20-12-8-6-4-2;;/h15-18,23-26H,3-14,19-22H2,1-2H3;2*1H. The number of amides is 2. The summed E-state index contributed by atoms with van der Waals surface area (Å²) in [5.41, 5.74) is 1.46. The lowest BCUT2D eigenvalue weighted by Gasteiger charge is -2.05. The third kappa shape index (κ3) is 15.6. The Morgan fingerprint density at radius 2 is 0.895 bits per heavy atom. The summed E-state index contributed by atoms with van der Waals surface area (Å²) >= 11 is 0. The van der Waals surface area contributed by atoms with Gasteiger partial charge in [-0.05, 0) is 25.7 Å². The minimum atomic E-state index is 0. The molecule has 2 N–H and O–H groups in total. The second-order valence-electron chi connectivity index (χ2n) is 9.70. The molecule has 6 nitrogen and oxygen atoms in total. The van der Waals surface area contributed by atoms with Crippen LogP contribution in [-0.2, 0) is 13.1 Å². The van der Waals surface area contributed by atoms with Gasteiger partial charge in [-0.3, -0.25) is 9.59 Å². The molecule has 0 atom stereocenters. The van der Waals surface area contributed by atoms with Crippen LogP contribution in [0.5, 0.6) is 0 Å². The molecule has 0 aliphatic heterocycles. The van der Waals surface area contributed by atoms with Gasteiger partial charge in [-0.25, -0.2) is 9.13 Å². The van der Waals surface area contributed by atoms with Crippen LogP contribution in [0.4, 0.5) is 0 Å². The van der Waals surface area contributed by atoms with Crippen molar-refractivity contribution in [1.82, 2.24) is 10.6 Å². The molecule has 2 aromatic rings. The van der Waals surface area contributed by atoms with Gasteiger partial charge < -0.3 is 44.6 Å². The van der Waals surface area contributed by atoms with E-state index in [0.717, 1.165) is 63.0 Å². The normalized spacial score (nSPS) is 10.3. The molecule has 0 spiro atoms. The average molecular weight is 657 g/mol. The van der Waals surface area contributed by atoms with Crippen LogP contribution < -0.4 is 53.7 Å². The number of aromatic nitrogens is 2. The molecular formula is C30H48Br2N4O2. The van der Waals surface area contributed by atoms with Crippen LogP contribution in [0.1, 0.15) is 112 Å². The molecule has 2 amide bonds. The highest BCUT2D eigenvalue weighted by Crippen LogP contribution is 2.03. The Hall–Kier alpha value is -1.80. The first-order valence-corrected chi connectivity index (χ1v) is 14.2. The van der Waals surface area contributed by atoms with Crippen LogP contribution >= 0.6 is 0 Å². The summed E-state index contributed by atoms with van der Waals surface area (Å²) in [5, 5.41) is 6.02. The Morgan fingerprint density at radius 3 is 1.24 bits per heavy atom. The van der Waals surface area contributed by atoms with E-state index >= 15 is 0 Å². The molecule has 0 fully saturated rings. The molecule has 0 radical (unpaired) electrons. The number of aryl methyl sites for hydroxylation is 2. The minimum Gasteiger partial charge on any atom is -1.00 e. The molecule has 2 heterocycles. The molecule has 0 aromatic carbocycles. The maximum atomic E-state index is 12.2. The Bertz CT molecular complexity index is 803. The number of hydrogen-bond donors (Lipinski definition) is 2. The summed E-state index contributed by atoms with van der Waals surface area (Å²) in [6.45, 7) is 7.82. The third-order valence-corrected chi connectivity index (χ3v) is 6.52. The van der Waals surface area contributed by atoms with Crippen LogP contribution in [-0.4, -0.2) is 24.9 Å². The molecule has 0 aliphatic carbocycles. The van der Waals surface area contributed by atoms with Crippen LogP contribution in [0.3, 0.4) is 0 Å². The lowest BCUT2D eigenvalue weighted by atomic mass is 10.2. The van der Waals surface area contributed by atoms with Gasteiger partial charge in [0.15, 0.2) is 24.8 Å². The first-order valence-electron chi connectivity index (χ1n) is 14.2. The molecule has 2 aromatic heterocycles. The molecule has 8 heteroatoms. The van der Waals surface area contributed by atoms with E-state index < -0.39 is 0 Å². The van der Waals surface area contributed by atoms with Crippen LogP contribution in [0.15, 0.2) is 49.1 Å². The van der Waals surface area contributed by atoms with Crippen molar-refractivity contribution in [3.05, 3.63) is 60.2 Å². The second-order valence-corrected chi connectivity index (χ2v) is 9.70. The summed E-state index contributed by atoms with van der Waals surface area (Å²) < 4.78 is 4.31. The number of nitrogens with one attached hydrogen (secondary N) is 2. The predicted molar refractivity (Wildman–Crippen MR) is 145 cm³/mol. The Labute approximate surface area is 251 Å². The lowest BCUT2D eigenvalue weighted by Crippen LogP contribution is -3.00. The van der Waals surface area contributed by atoms with Gasteiger partial charge in [0.1, 0.15) is 13.1 Å². The molecule has 0 saturated carbocycles. The van der Waals surface area contributed by atoms with E-state index in [4.69, 9.17) is 0 Å². The van der Waals surface area contributed by atoms with Crippen molar-refractivity contribution >= 4 is 11.8 Å². The molecular weight excluding hydrogens is 608 g/mol. The van der Waals surface area contributed by atoms with Crippen molar-refractivity contribution in [2.45, 2.75) is 104 Å². The maximum absolute atomic E-state index is 12.2. The number of hydrogen-bond acceptors (Lipinski definition) is 2. The van der Waals surface area contributed by atoms with Crippen molar-refractivity contribution in [2.24, 2.45) is 0 Å². The second kappa shape index (κ2) is 23.1. The zero-order valence-electron chi connectivity index (χ0n) is 23.4. The third-order valence-electron chi connectivity index (χ3n) is 6.52. The van der Waals surface area contributed by atoms with Gasteiger partial charge >= 0.3 is 0 Å². The predicted octanol–water partition coefficient (Wildman–Crippen LogP) is -0.850. The van der Waals surface area contributed by atoms with Crippen LogP contribution in [0, 0.1) is 0 Å². The number of nitrogens with zero attached hydrogens (tertiary/aromatic N) is 2. The molecule has 38 heavy (non-hydrogen) atoms. The molecule has 0 aliphatic rings. The summed E-state index contributed by atoms with van der Waals surface area (Å²) in [7, 11) is 0. The summed E-state index contributed by atoms with van der Waals surface area (Å²) in [6.07, 6.45) is 21.9. The topological polar surface area (TPSA) is 66.0 Å². The highest BCUT2D eigenvalue weighted by molar-refractivity contribution is 5.94. The monoisotopic (exact) mass is 654 g/mol. The zero-order valence-corrected chi connectivity index (χ0v) is 26.6. The average Bonchev–Trinajstić information content (AvgIpc) is 2.91. The fourth-order valence-corrected chi connectivity index (χ4v) is 4.17. The number of rotatable bonds is 19. The Balaban J connectivity index is 0.00000684. The van der Waals surface area contributed by atoms with Crippen molar-refractivity contribution in [3.63, 3.8) is 0 Å². The fourth-order valence-electron chi connectivity index (χ4n) is 4.17. The molecule has 214 valence electrons. The van der Waals surface area contributed by atoms with Crippen molar-refractivity contribution in [1.29, 1.82) is 0 Å². The summed E-state index contributed by atoms with van der Waals surface area (Å²) in [6, 6.07) is 7.64. The van der Waals surface area contributed by atoms with E-state index in [1.807, 2.05) is 49.1 Å². The van der Waals surface area contributed by atoms with Gasteiger partial charge in [0, 0.05) is 50.2 Å². The number of unbranched alkanes of at least 4 members (excludes halogenated alkanes) is 9. The molecule has 0 unspecified atom stereocenters. The van der Waals surface area contributed by atoms with Gasteiger partial charge in [0.25, 0.3) is 11.8 Å². The van der Waals surface area contributed by atoms with Gasteiger partial charge in [0.2, 0.25) is 0 Å². The van der Waals surface area contributed by atoms with Gasteiger partial charge in [-0.1, -0.05) is 52.4 Å². The maximum Gasteiger partial charge on any atom is 0.251 e. The lowest BCUT2D eigenvalue weighted by molar-refractivity contribution is -0.698. The van der Waals surface area contributed by atoms with Crippen molar-refractivity contribution < 1.29 is 52.7 Å². The first kappa shape index (κ1) is 36.2. The van der Waals surface area contributed by atoms with Gasteiger partial charge in [-0.2, -0.15) is 0 Å². The van der Waals surface area contributed by atoms with E-state index in [-0.39, 0.29) is 45.8 Å². The van der Waals surface area contributed by atoms with Crippen LogP contribution in [0.25, 0.3) is 0 Å². The van der Waals surface area contributed by atoms with Gasteiger partial charge in [0.05, 0.1) is 11.1 Å². The number of pyridine rings is 2. The Morgan fingerprint density at radius 1 is 0.553 bits per heavy atom. The molecule has 0 bridgehead atoms. The van der Waals surface area contributed by atoms with E-state index in [1.54, 1.807) is 0 Å². The minimum absolute atomic E-state index is 0. The van der Waals surface area contributed by atoms with E-state index in [0.29, 0.717) is 0 Å². The first-order chi connectivity index (χ1) is 17.6. The summed E-state index contributed by atoms with van der Waals surface area (Å²) in [5.74, 6) is 0.0411. The largest absolute Gasteiger partial charge is 1.00 e. The highest BCUT2D eigenvalue weighted by atomic mass is 79.9. The zero-order chi connectivity index (χ0) is 25.8. The Kier molecular flexibility index (Phi) is 22.0. The molecule has 2 rings (SSSR count). The smallest absolute Gasteiger partial charge is 0.251 e. The molecule has 0 saturated heterocycles. The van der Waals surface area contributed by atoms with Gasteiger partial charge in [-0.15, -0.1) is 0 Å². The van der Waals surface area contributed by atoms with Crippen molar-refractivity contribution in [3.8, 4) is 0 Å².